The number of aliphatic hydroxyl groups excluding tert-OH is 1. The van der Waals surface area contributed by atoms with E-state index < -0.39 is 87.8 Å². The summed E-state index contributed by atoms with van der Waals surface area (Å²) in [6, 6.07) is 5.13. The molecule has 2 amide bonds. The molecule has 5 rings (SSSR count). The maximum Gasteiger partial charge on any atom is 0.433 e. The Hall–Kier alpha value is -4.88. The van der Waals surface area contributed by atoms with Crippen molar-refractivity contribution >= 4 is 11.8 Å². The van der Waals surface area contributed by atoms with Gasteiger partial charge < -0.3 is 25.6 Å². The number of likely N-dealkylation sites (N-methyl/N-ethyl adjacent to an activating group) is 1. The number of nitrogens with one attached hydrogen (secondary N) is 1. The number of rotatable bonds is 13. The van der Waals surface area contributed by atoms with Crippen molar-refractivity contribution < 1.29 is 59.3 Å². The van der Waals surface area contributed by atoms with E-state index in [-0.39, 0.29) is 42.6 Å². The minimum absolute atomic E-state index is 0.00947. The summed E-state index contributed by atoms with van der Waals surface area (Å²) in [4.78, 5) is 33.5. The van der Waals surface area contributed by atoms with Crippen LogP contribution in [0.1, 0.15) is 54.0 Å². The average molecular weight is 773 g/mol. The lowest BCUT2D eigenvalue weighted by molar-refractivity contribution is -0.164. The van der Waals surface area contributed by atoms with E-state index in [4.69, 9.17) is 15.2 Å². The molecule has 292 valence electrons. The number of carbonyl (C=O) groups is 2. The summed E-state index contributed by atoms with van der Waals surface area (Å²) in [5.41, 5.74) is -1.12. The third kappa shape index (κ3) is 7.83. The first-order valence-electron chi connectivity index (χ1n) is 16.6. The Morgan fingerprint density at radius 3 is 2.44 bits per heavy atom. The molecule has 4 N–H and O–H groups in total. The summed E-state index contributed by atoms with van der Waals surface area (Å²) in [5, 5.41) is 16.8. The highest BCUT2D eigenvalue weighted by Gasteiger charge is 2.58. The number of hydrogen-bond donors (Lipinski definition) is 3. The number of aromatic nitrogens is 2. The van der Waals surface area contributed by atoms with E-state index in [1.165, 1.54) is 12.1 Å². The number of benzene rings is 2. The topological polar surface area (TPSA) is 143 Å². The van der Waals surface area contributed by atoms with Gasteiger partial charge in [0.1, 0.15) is 35.5 Å². The van der Waals surface area contributed by atoms with Gasteiger partial charge >= 0.3 is 12.4 Å². The highest BCUT2D eigenvalue weighted by molar-refractivity contribution is 6.18. The van der Waals surface area contributed by atoms with Crippen LogP contribution in [-0.4, -0.2) is 82.9 Å². The Kier molecular flexibility index (Phi) is 11.8. The fourth-order valence-corrected chi connectivity index (χ4v) is 7.01. The van der Waals surface area contributed by atoms with Crippen LogP contribution in [0, 0.1) is 11.6 Å². The number of alkyl halides is 6. The molecule has 2 aliphatic rings. The van der Waals surface area contributed by atoms with Gasteiger partial charge in [-0.3, -0.25) is 14.6 Å². The monoisotopic (exact) mass is 772 g/mol. The maximum atomic E-state index is 15.5. The van der Waals surface area contributed by atoms with E-state index in [2.05, 4.69) is 15.3 Å². The first-order valence-corrected chi connectivity index (χ1v) is 16.6. The van der Waals surface area contributed by atoms with Crippen LogP contribution >= 0.6 is 0 Å². The Labute approximate surface area is 303 Å². The molecule has 0 saturated heterocycles. The van der Waals surface area contributed by atoms with Crippen molar-refractivity contribution in [2.75, 3.05) is 40.5 Å². The molecule has 2 unspecified atom stereocenters. The molecule has 1 fully saturated rings. The van der Waals surface area contributed by atoms with E-state index >= 15 is 8.78 Å². The van der Waals surface area contributed by atoms with Gasteiger partial charge in [-0.1, -0.05) is 18.6 Å². The number of amides is 2. The number of nitrogens with zero attached hydrogens (tertiary/aromatic N) is 4. The summed E-state index contributed by atoms with van der Waals surface area (Å²) in [7, 11) is 2.86. The van der Waals surface area contributed by atoms with Gasteiger partial charge in [-0.05, 0) is 55.6 Å². The Bertz CT molecular complexity index is 1920. The molecule has 11 nitrogen and oxygen atoms in total. The molecule has 1 spiro atoms. The first kappa shape index (κ1) is 40.3. The van der Waals surface area contributed by atoms with Crippen LogP contribution in [0.3, 0.4) is 0 Å². The second-order valence-corrected chi connectivity index (χ2v) is 12.7. The molecule has 2 atom stereocenters. The summed E-state index contributed by atoms with van der Waals surface area (Å²) >= 11 is 0. The minimum Gasteiger partial charge on any atom is -0.509 e. The highest BCUT2D eigenvalue weighted by atomic mass is 19.4. The van der Waals surface area contributed by atoms with Crippen molar-refractivity contribution in [3.8, 4) is 17.0 Å². The molecular formula is C35H36F8N6O5. The second kappa shape index (κ2) is 15.8. The Morgan fingerprint density at radius 2 is 1.78 bits per heavy atom. The molecule has 54 heavy (non-hydrogen) atoms. The van der Waals surface area contributed by atoms with Crippen LogP contribution in [0.5, 0.6) is 5.75 Å². The average Bonchev–Trinajstić information content (AvgIpc) is 3.56. The number of hydrazine groups is 1. The molecule has 1 aliphatic carbocycles. The number of halogens is 8. The van der Waals surface area contributed by atoms with Crippen molar-refractivity contribution in [3.63, 3.8) is 0 Å². The highest BCUT2D eigenvalue weighted by Crippen LogP contribution is 2.55. The lowest BCUT2D eigenvalue weighted by Gasteiger charge is -2.51. The van der Waals surface area contributed by atoms with Crippen LogP contribution in [0.25, 0.3) is 11.3 Å². The molecule has 2 heterocycles. The minimum atomic E-state index is -4.98. The number of methoxy groups -OCH3 is 1. The molecule has 1 saturated carbocycles. The standard InChI is InChI=1S/C35H36F8N6O5/c1-48-33(10-3-5-23(33)21-8-7-20(34(38,39)40)15-22(21)24-16-26(35(41,42)43)47-18-46-24)30(50)27(31(44)51)32(52)49(48)17-19-6-9-25(29(37)28(19)36)54-14-12-45-11-4-13-53-2/h6-9,15-16,18,23,45,50H,3-5,10-14,17H2,1-2H3,(H2,44,51). The number of hydrogen-bond acceptors (Lipinski definition) is 9. The van der Waals surface area contributed by atoms with E-state index in [0.717, 1.165) is 29.6 Å². The molecule has 3 aromatic rings. The number of aliphatic hydroxyl groups is 1. The molecule has 0 radical (unpaired) electrons. The van der Waals surface area contributed by atoms with E-state index in [1.54, 1.807) is 7.11 Å². The first-order chi connectivity index (χ1) is 25.4. The van der Waals surface area contributed by atoms with Gasteiger partial charge in [-0.15, -0.1) is 0 Å². The zero-order chi connectivity index (χ0) is 39.6. The molecule has 19 heteroatoms. The van der Waals surface area contributed by atoms with Crippen LogP contribution in [0.2, 0.25) is 0 Å². The fraction of sp³-hybridized carbons (Fsp3) is 0.429. The normalized spacial score (nSPS) is 19.6. The number of carbonyl (C=O) groups excluding carboxylic acids is 2. The van der Waals surface area contributed by atoms with Crippen molar-refractivity contribution in [1.82, 2.24) is 25.3 Å². The Balaban J connectivity index is 1.55. The predicted molar refractivity (Wildman–Crippen MR) is 175 cm³/mol. The van der Waals surface area contributed by atoms with E-state index in [0.29, 0.717) is 44.2 Å². The molecular weight excluding hydrogens is 736 g/mol. The quantitative estimate of drug-likeness (QED) is 0.114. The van der Waals surface area contributed by atoms with Crippen LogP contribution < -0.4 is 15.8 Å². The Morgan fingerprint density at radius 1 is 1.04 bits per heavy atom. The maximum absolute atomic E-state index is 15.5. The van der Waals surface area contributed by atoms with Gasteiger partial charge in [0, 0.05) is 44.4 Å². The number of primary amides is 1. The largest absolute Gasteiger partial charge is 0.509 e. The van der Waals surface area contributed by atoms with Crippen molar-refractivity contribution in [2.24, 2.45) is 5.73 Å². The smallest absolute Gasteiger partial charge is 0.433 e. The predicted octanol–water partition coefficient (Wildman–Crippen LogP) is 5.66. The number of ether oxygens (including phenoxy) is 2. The molecule has 1 aliphatic heterocycles. The summed E-state index contributed by atoms with van der Waals surface area (Å²) in [6.45, 7) is 0.732. The summed E-state index contributed by atoms with van der Waals surface area (Å²) in [6.07, 6.45) is -8.38. The summed E-state index contributed by atoms with van der Waals surface area (Å²) < 4.78 is 124. The molecule has 0 bridgehead atoms. The fourth-order valence-electron chi connectivity index (χ4n) is 7.01. The lowest BCUT2D eigenvalue weighted by Crippen LogP contribution is -2.64. The third-order valence-corrected chi connectivity index (χ3v) is 9.58. The number of nitrogens with two attached hydrogens (primary N) is 1. The molecule has 1 aromatic heterocycles. The van der Waals surface area contributed by atoms with Gasteiger partial charge in [0.2, 0.25) is 5.82 Å². The zero-order valence-electron chi connectivity index (χ0n) is 29.0. The van der Waals surface area contributed by atoms with E-state index in [9.17, 15) is 41.0 Å². The van der Waals surface area contributed by atoms with Crippen molar-refractivity contribution in [1.29, 1.82) is 0 Å². The van der Waals surface area contributed by atoms with Gasteiger partial charge in [0.05, 0.1) is 17.8 Å². The zero-order valence-corrected chi connectivity index (χ0v) is 29.0. The lowest BCUT2D eigenvalue weighted by atomic mass is 9.75. The third-order valence-electron chi connectivity index (χ3n) is 9.58. The molecule has 2 aromatic carbocycles. The van der Waals surface area contributed by atoms with Crippen LogP contribution in [0.4, 0.5) is 35.1 Å². The van der Waals surface area contributed by atoms with Crippen LogP contribution in [-0.2, 0) is 33.2 Å². The van der Waals surface area contributed by atoms with Gasteiger partial charge in [-0.25, -0.2) is 19.4 Å². The van der Waals surface area contributed by atoms with Crippen molar-refractivity contribution in [2.45, 2.75) is 56.0 Å². The second-order valence-electron chi connectivity index (χ2n) is 12.7. The summed E-state index contributed by atoms with van der Waals surface area (Å²) in [5.74, 6) is -7.68. The van der Waals surface area contributed by atoms with E-state index in [1.807, 2.05) is 0 Å². The van der Waals surface area contributed by atoms with Crippen LogP contribution in [0.15, 0.2) is 54.1 Å². The van der Waals surface area contributed by atoms with Crippen molar-refractivity contribution in [3.05, 3.63) is 88.1 Å². The SMILES string of the molecule is COCCCNCCOc1ccc(CN2C(=O)C(C(N)=O)=C(O)C3(CCCC3c3ccc(C(F)(F)F)cc3-c3cc(C(F)(F)F)ncn3)N2C)c(F)c1F. The van der Waals surface area contributed by atoms with Gasteiger partial charge in [0.15, 0.2) is 11.6 Å². The van der Waals surface area contributed by atoms with Gasteiger partial charge in [0.25, 0.3) is 11.8 Å². The van der Waals surface area contributed by atoms with Gasteiger partial charge in [-0.2, -0.15) is 30.7 Å².